The van der Waals surface area contributed by atoms with Gasteiger partial charge in [0, 0.05) is 0 Å². The fraction of sp³-hybridized carbons (Fsp3) is 0.167. The maximum Gasteiger partial charge on any atom is 0.266 e. The zero-order valence-corrected chi connectivity index (χ0v) is 17.0. The van der Waals surface area contributed by atoms with E-state index in [1.165, 1.54) is 37.4 Å². The number of rotatable bonds is 4. The summed E-state index contributed by atoms with van der Waals surface area (Å²) < 4.78 is 18.6. The molecule has 2 aliphatic rings. The first kappa shape index (κ1) is 20.0. The molecule has 0 bridgehead atoms. The van der Waals surface area contributed by atoms with Gasteiger partial charge in [-0.05, 0) is 54.1 Å². The normalized spacial score (nSPS) is 22.4. The topological polar surface area (TPSA) is 79.3 Å². The van der Waals surface area contributed by atoms with Crippen LogP contribution in [0.4, 0.5) is 15.8 Å². The Labute approximate surface area is 183 Å². The summed E-state index contributed by atoms with van der Waals surface area (Å²) in [4.78, 5) is 33.8. The lowest BCUT2D eigenvalue weighted by Gasteiger charge is -2.29. The Morgan fingerprint density at radius 1 is 0.938 bits per heavy atom. The van der Waals surface area contributed by atoms with Crippen molar-refractivity contribution in [1.82, 2.24) is 0 Å². The van der Waals surface area contributed by atoms with Crippen molar-refractivity contribution in [3.63, 3.8) is 0 Å². The SMILES string of the molecule is COc1cc([C@H]2[C@H]3C(=O)N(c4ccc(F)cc4)C(=O)[C@H]3ON2c2ccccc2)ccc1O. The van der Waals surface area contributed by atoms with Gasteiger partial charge in [-0.25, -0.2) is 14.4 Å². The minimum Gasteiger partial charge on any atom is -0.504 e. The van der Waals surface area contributed by atoms with Gasteiger partial charge in [-0.1, -0.05) is 24.3 Å². The van der Waals surface area contributed by atoms with E-state index in [9.17, 15) is 19.1 Å². The Morgan fingerprint density at radius 3 is 2.34 bits per heavy atom. The Hall–Kier alpha value is -3.91. The van der Waals surface area contributed by atoms with E-state index < -0.39 is 35.7 Å². The molecule has 0 spiro atoms. The number of fused-ring (bicyclic) bond motifs is 1. The van der Waals surface area contributed by atoms with Crippen LogP contribution in [0.5, 0.6) is 11.5 Å². The van der Waals surface area contributed by atoms with Crippen molar-refractivity contribution in [2.45, 2.75) is 12.1 Å². The van der Waals surface area contributed by atoms with Gasteiger partial charge in [-0.3, -0.25) is 14.4 Å². The molecule has 32 heavy (non-hydrogen) atoms. The maximum atomic E-state index is 13.5. The largest absolute Gasteiger partial charge is 0.504 e. The summed E-state index contributed by atoms with van der Waals surface area (Å²) in [6.07, 6.45) is -1.04. The number of carbonyl (C=O) groups excluding carboxylic acids is 2. The lowest BCUT2D eigenvalue weighted by atomic mass is 9.90. The van der Waals surface area contributed by atoms with Crippen molar-refractivity contribution < 1.29 is 28.7 Å². The highest BCUT2D eigenvalue weighted by Gasteiger charge is 2.60. The molecule has 0 aliphatic carbocycles. The molecule has 2 aliphatic heterocycles. The van der Waals surface area contributed by atoms with E-state index in [0.29, 0.717) is 11.3 Å². The molecule has 0 aromatic heterocycles. The highest BCUT2D eigenvalue weighted by Crippen LogP contribution is 2.48. The van der Waals surface area contributed by atoms with Crippen molar-refractivity contribution in [1.29, 1.82) is 0 Å². The molecule has 2 saturated heterocycles. The predicted octanol–water partition coefficient (Wildman–Crippen LogP) is 3.59. The second-order valence-corrected chi connectivity index (χ2v) is 7.58. The molecule has 2 fully saturated rings. The van der Waals surface area contributed by atoms with Crippen LogP contribution in [0.2, 0.25) is 0 Å². The third-order valence-corrected chi connectivity index (χ3v) is 5.76. The van der Waals surface area contributed by atoms with Crippen LogP contribution < -0.4 is 14.7 Å². The average Bonchev–Trinajstić information content (AvgIpc) is 3.32. The summed E-state index contributed by atoms with van der Waals surface area (Å²) in [6, 6.07) is 18.4. The highest BCUT2D eigenvalue weighted by atomic mass is 19.1. The molecule has 5 rings (SSSR count). The summed E-state index contributed by atoms with van der Waals surface area (Å²) in [5.41, 5.74) is 1.60. The van der Waals surface area contributed by atoms with Gasteiger partial charge in [0.25, 0.3) is 5.91 Å². The number of aromatic hydroxyl groups is 1. The molecular formula is C24H19FN2O5. The minimum atomic E-state index is -1.04. The lowest BCUT2D eigenvalue weighted by Crippen LogP contribution is -2.37. The second kappa shape index (κ2) is 7.65. The van der Waals surface area contributed by atoms with Crippen molar-refractivity contribution in [3.05, 3.63) is 84.2 Å². The van der Waals surface area contributed by atoms with Crippen molar-refractivity contribution in [2.75, 3.05) is 17.1 Å². The van der Waals surface area contributed by atoms with E-state index in [0.717, 1.165) is 4.90 Å². The van der Waals surface area contributed by atoms with E-state index in [4.69, 9.17) is 9.57 Å². The van der Waals surface area contributed by atoms with Gasteiger partial charge in [0.15, 0.2) is 17.6 Å². The van der Waals surface area contributed by atoms with E-state index in [-0.39, 0.29) is 17.2 Å². The fourth-order valence-electron chi connectivity index (χ4n) is 4.28. The van der Waals surface area contributed by atoms with Crippen LogP contribution in [0.15, 0.2) is 72.8 Å². The number of imide groups is 1. The number of hydroxylamine groups is 1. The Morgan fingerprint density at radius 2 is 1.66 bits per heavy atom. The standard InChI is InChI=1S/C24H19FN2O5/c1-31-19-13-14(7-12-18(19)28)21-20-22(32-27(21)17-5-3-2-4-6-17)24(30)26(23(20)29)16-10-8-15(25)9-11-16/h2-13,20-22,28H,1H3/t20-,21+,22+/m1/s1. The lowest BCUT2D eigenvalue weighted by molar-refractivity contribution is -0.126. The number of para-hydroxylation sites is 1. The van der Waals surface area contributed by atoms with Gasteiger partial charge in [0.2, 0.25) is 5.91 Å². The van der Waals surface area contributed by atoms with E-state index in [2.05, 4.69) is 0 Å². The first-order chi connectivity index (χ1) is 15.5. The quantitative estimate of drug-likeness (QED) is 0.633. The molecule has 3 aromatic carbocycles. The van der Waals surface area contributed by atoms with Crippen LogP contribution in [-0.4, -0.2) is 30.1 Å². The van der Waals surface area contributed by atoms with Crippen LogP contribution in [0.25, 0.3) is 0 Å². The van der Waals surface area contributed by atoms with Gasteiger partial charge < -0.3 is 9.84 Å². The number of amides is 2. The fourth-order valence-corrected chi connectivity index (χ4v) is 4.28. The van der Waals surface area contributed by atoms with Crippen molar-refractivity contribution in [2.24, 2.45) is 5.92 Å². The Bertz CT molecular complexity index is 1180. The molecule has 162 valence electrons. The van der Waals surface area contributed by atoms with Crippen LogP contribution >= 0.6 is 0 Å². The zero-order chi connectivity index (χ0) is 22.4. The molecule has 3 atom stereocenters. The molecule has 1 N–H and O–H groups in total. The van der Waals surface area contributed by atoms with E-state index >= 15 is 0 Å². The van der Waals surface area contributed by atoms with Gasteiger partial charge in [-0.2, -0.15) is 0 Å². The van der Waals surface area contributed by atoms with Crippen LogP contribution in [0.1, 0.15) is 11.6 Å². The monoisotopic (exact) mass is 434 g/mol. The molecular weight excluding hydrogens is 415 g/mol. The highest BCUT2D eigenvalue weighted by molar-refractivity contribution is 6.23. The molecule has 7 nitrogen and oxygen atoms in total. The molecule has 0 unspecified atom stereocenters. The first-order valence-corrected chi connectivity index (χ1v) is 10.0. The number of phenols is 1. The third-order valence-electron chi connectivity index (χ3n) is 5.76. The van der Waals surface area contributed by atoms with Crippen LogP contribution in [0, 0.1) is 11.7 Å². The number of benzene rings is 3. The van der Waals surface area contributed by atoms with Crippen molar-refractivity contribution >= 4 is 23.2 Å². The maximum absolute atomic E-state index is 13.5. The molecule has 0 saturated carbocycles. The van der Waals surface area contributed by atoms with Crippen molar-refractivity contribution in [3.8, 4) is 11.5 Å². The van der Waals surface area contributed by atoms with Gasteiger partial charge in [0.05, 0.1) is 24.5 Å². The van der Waals surface area contributed by atoms with Crippen LogP contribution in [-0.2, 0) is 14.4 Å². The van der Waals surface area contributed by atoms with Crippen LogP contribution in [0.3, 0.4) is 0 Å². The van der Waals surface area contributed by atoms with Gasteiger partial charge in [0.1, 0.15) is 11.7 Å². The van der Waals surface area contributed by atoms with Gasteiger partial charge >= 0.3 is 0 Å². The summed E-state index contributed by atoms with van der Waals surface area (Å²) in [7, 11) is 1.43. The summed E-state index contributed by atoms with van der Waals surface area (Å²) >= 11 is 0. The summed E-state index contributed by atoms with van der Waals surface area (Å²) in [5.74, 6) is -2.07. The number of halogens is 1. The number of ether oxygens (including phenoxy) is 1. The number of hydrogen-bond acceptors (Lipinski definition) is 6. The second-order valence-electron chi connectivity index (χ2n) is 7.58. The number of anilines is 2. The van der Waals surface area contributed by atoms with Gasteiger partial charge in [-0.15, -0.1) is 0 Å². The number of nitrogens with zero attached hydrogens (tertiary/aromatic N) is 2. The molecule has 2 amide bonds. The molecule has 3 aromatic rings. The smallest absolute Gasteiger partial charge is 0.266 e. The number of carbonyl (C=O) groups is 2. The van der Waals surface area contributed by atoms with E-state index in [1.54, 1.807) is 17.2 Å². The number of phenolic OH excluding ortho intramolecular Hbond substituents is 1. The number of hydrogen-bond donors (Lipinski definition) is 1. The average molecular weight is 434 g/mol. The summed E-state index contributed by atoms with van der Waals surface area (Å²) in [6.45, 7) is 0. The first-order valence-electron chi connectivity index (χ1n) is 10.0. The summed E-state index contributed by atoms with van der Waals surface area (Å²) in [5, 5.41) is 11.6. The molecule has 8 heteroatoms. The zero-order valence-electron chi connectivity index (χ0n) is 17.0. The number of methoxy groups -OCH3 is 1. The third kappa shape index (κ3) is 3.07. The Kier molecular flexibility index (Phi) is 4.79. The van der Waals surface area contributed by atoms with E-state index in [1.807, 2.05) is 30.3 Å². The molecule has 2 heterocycles. The molecule has 0 radical (unpaired) electrons. The minimum absolute atomic E-state index is 0.0419. The predicted molar refractivity (Wildman–Crippen MR) is 114 cm³/mol. The Balaban J connectivity index is 1.60.